The largest absolute Gasteiger partial charge is 0.490 e. The maximum atomic E-state index is 10.7. The van der Waals surface area contributed by atoms with Crippen LogP contribution in [-0.2, 0) is 4.79 Å². The Balaban J connectivity index is 1.52. The molecule has 0 aromatic heterocycles. The molecule has 4 nitrogen and oxygen atoms in total. The first-order valence-corrected chi connectivity index (χ1v) is 11.2. The maximum absolute atomic E-state index is 10.7. The highest BCUT2D eigenvalue weighted by Gasteiger charge is 2.30. The standard InChI is InChI=1S/C25H37NO3/c1-25(2,3)20-9-13-23(14-10-20)29-22-11-7-18(8-12-22)19-15-16-26-21(17-19)5-4-6-24(27)28/h7-8,11-12,17,20-21,23,26H,4-6,9-10,13-16H2,1-3H3,(H,27,28). The van der Waals surface area contributed by atoms with Gasteiger partial charge in [0, 0.05) is 12.5 Å². The highest BCUT2D eigenvalue weighted by atomic mass is 16.5. The van der Waals surface area contributed by atoms with E-state index in [1.54, 1.807) is 0 Å². The summed E-state index contributed by atoms with van der Waals surface area (Å²) in [4.78, 5) is 10.7. The van der Waals surface area contributed by atoms with Crippen LogP contribution in [0.5, 0.6) is 5.75 Å². The fourth-order valence-electron chi connectivity index (χ4n) is 4.66. The van der Waals surface area contributed by atoms with Gasteiger partial charge in [-0.1, -0.05) is 39.0 Å². The van der Waals surface area contributed by atoms with E-state index in [2.05, 4.69) is 56.4 Å². The predicted octanol–water partition coefficient (Wildman–Crippen LogP) is 5.67. The summed E-state index contributed by atoms with van der Waals surface area (Å²) in [6, 6.07) is 8.82. The molecule has 0 radical (unpaired) electrons. The average Bonchev–Trinajstić information content (AvgIpc) is 2.68. The highest BCUT2D eigenvalue weighted by molar-refractivity contribution is 5.68. The van der Waals surface area contributed by atoms with Gasteiger partial charge in [-0.25, -0.2) is 0 Å². The van der Waals surface area contributed by atoms with Crippen molar-refractivity contribution in [3.05, 3.63) is 35.9 Å². The molecule has 1 heterocycles. The van der Waals surface area contributed by atoms with Crippen LogP contribution in [0.3, 0.4) is 0 Å². The Kier molecular flexibility index (Phi) is 7.39. The quantitative estimate of drug-likeness (QED) is 0.620. The number of nitrogens with one attached hydrogen (secondary N) is 1. The molecular weight excluding hydrogens is 362 g/mol. The van der Waals surface area contributed by atoms with Crippen LogP contribution in [0.25, 0.3) is 5.57 Å². The van der Waals surface area contributed by atoms with Crippen molar-refractivity contribution >= 4 is 11.5 Å². The average molecular weight is 400 g/mol. The van der Waals surface area contributed by atoms with Gasteiger partial charge in [0.15, 0.2) is 0 Å². The van der Waals surface area contributed by atoms with E-state index in [1.807, 2.05) is 0 Å². The number of rotatable bonds is 7. The van der Waals surface area contributed by atoms with Gasteiger partial charge in [0.05, 0.1) is 6.10 Å². The van der Waals surface area contributed by atoms with Crippen molar-refractivity contribution in [1.29, 1.82) is 0 Å². The number of aliphatic carboxylic acids is 1. The van der Waals surface area contributed by atoms with Crippen molar-refractivity contribution in [2.45, 2.75) is 84.3 Å². The van der Waals surface area contributed by atoms with Crippen molar-refractivity contribution in [3.63, 3.8) is 0 Å². The summed E-state index contributed by atoms with van der Waals surface area (Å²) in [6.07, 6.45) is 10.3. The molecule has 3 rings (SSSR count). The summed E-state index contributed by atoms with van der Waals surface area (Å²) in [7, 11) is 0. The SMILES string of the molecule is CC(C)(C)C1CCC(Oc2ccc(C3=CC(CCCC(=O)O)NCC3)cc2)CC1. The van der Waals surface area contributed by atoms with Crippen LogP contribution < -0.4 is 10.1 Å². The van der Waals surface area contributed by atoms with Crippen LogP contribution in [0, 0.1) is 11.3 Å². The zero-order chi connectivity index (χ0) is 20.9. The minimum Gasteiger partial charge on any atom is -0.490 e. The molecule has 1 aliphatic heterocycles. The first-order valence-electron chi connectivity index (χ1n) is 11.2. The van der Waals surface area contributed by atoms with Gasteiger partial charge in [0.25, 0.3) is 0 Å². The van der Waals surface area contributed by atoms with Crippen LogP contribution in [-0.4, -0.2) is 29.8 Å². The van der Waals surface area contributed by atoms with Crippen molar-refractivity contribution in [2.75, 3.05) is 6.54 Å². The first-order chi connectivity index (χ1) is 13.8. The van der Waals surface area contributed by atoms with Crippen molar-refractivity contribution in [1.82, 2.24) is 5.32 Å². The lowest BCUT2D eigenvalue weighted by Crippen LogP contribution is -2.32. The van der Waals surface area contributed by atoms with Gasteiger partial charge in [-0.05, 0) is 86.1 Å². The number of hydrogen-bond donors (Lipinski definition) is 2. The Morgan fingerprint density at radius 1 is 1.14 bits per heavy atom. The maximum Gasteiger partial charge on any atom is 0.303 e. The third kappa shape index (κ3) is 6.60. The molecule has 4 heteroatoms. The first kappa shape index (κ1) is 21.9. The van der Waals surface area contributed by atoms with Gasteiger partial charge in [-0.15, -0.1) is 0 Å². The van der Waals surface area contributed by atoms with E-state index >= 15 is 0 Å². The third-order valence-electron chi connectivity index (χ3n) is 6.54. The molecule has 0 bridgehead atoms. The summed E-state index contributed by atoms with van der Waals surface area (Å²) < 4.78 is 6.27. The van der Waals surface area contributed by atoms with Crippen molar-refractivity contribution in [3.8, 4) is 5.75 Å². The summed E-state index contributed by atoms with van der Waals surface area (Å²) in [5.74, 6) is 1.06. The van der Waals surface area contributed by atoms with Crippen LogP contribution in [0.1, 0.15) is 77.7 Å². The molecular formula is C25H37NO3. The van der Waals surface area contributed by atoms with Gasteiger partial charge >= 0.3 is 5.97 Å². The Bertz CT molecular complexity index is 694. The lowest BCUT2D eigenvalue weighted by atomic mass is 9.72. The summed E-state index contributed by atoms with van der Waals surface area (Å²) >= 11 is 0. The molecule has 0 spiro atoms. The number of ether oxygens (including phenoxy) is 1. The van der Waals surface area contributed by atoms with E-state index in [-0.39, 0.29) is 12.5 Å². The third-order valence-corrected chi connectivity index (χ3v) is 6.54. The van der Waals surface area contributed by atoms with E-state index in [1.165, 1.54) is 24.0 Å². The molecule has 1 aromatic rings. The Labute approximate surface area is 175 Å². The fourth-order valence-corrected chi connectivity index (χ4v) is 4.66. The minimum absolute atomic E-state index is 0.241. The van der Waals surface area contributed by atoms with Gasteiger partial charge < -0.3 is 15.2 Å². The van der Waals surface area contributed by atoms with E-state index in [9.17, 15) is 4.79 Å². The second-order valence-corrected chi connectivity index (χ2v) is 9.77. The Morgan fingerprint density at radius 3 is 2.45 bits per heavy atom. The molecule has 2 N–H and O–H groups in total. The second-order valence-electron chi connectivity index (χ2n) is 9.77. The summed E-state index contributed by atoms with van der Waals surface area (Å²) in [5.41, 5.74) is 3.00. The lowest BCUT2D eigenvalue weighted by molar-refractivity contribution is -0.137. The van der Waals surface area contributed by atoms with Crippen LogP contribution >= 0.6 is 0 Å². The zero-order valence-corrected chi connectivity index (χ0v) is 18.2. The number of benzene rings is 1. The van der Waals surface area contributed by atoms with E-state index in [0.717, 1.165) is 43.9 Å². The normalized spacial score (nSPS) is 25.3. The molecule has 160 valence electrons. The van der Waals surface area contributed by atoms with Gasteiger partial charge in [0.1, 0.15) is 5.75 Å². The van der Waals surface area contributed by atoms with Gasteiger partial charge in [-0.3, -0.25) is 4.79 Å². The molecule has 1 unspecified atom stereocenters. The van der Waals surface area contributed by atoms with E-state index in [4.69, 9.17) is 9.84 Å². The fraction of sp³-hybridized carbons (Fsp3) is 0.640. The number of carboxylic acids is 1. The molecule has 1 fully saturated rings. The predicted molar refractivity (Wildman–Crippen MR) is 118 cm³/mol. The van der Waals surface area contributed by atoms with Gasteiger partial charge in [-0.2, -0.15) is 0 Å². The number of carbonyl (C=O) groups is 1. The van der Waals surface area contributed by atoms with Crippen LogP contribution in [0.15, 0.2) is 30.3 Å². The number of carboxylic acid groups (broad SMARTS) is 1. The van der Waals surface area contributed by atoms with E-state index < -0.39 is 5.97 Å². The molecule has 2 aliphatic rings. The molecule has 1 saturated carbocycles. The van der Waals surface area contributed by atoms with Crippen molar-refractivity contribution < 1.29 is 14.6 Å². The van der Waals surface area contributed by atoms with Crippen molar-refractivity contribution in [2.24, 2.45) is 11.3 Å². The Morgan fingerprint density at radius 2 is 1.83 bits per heavy atom. The Hall–Kier alpha value is -1.81. The number of hydrogen-bond acceptors (Lipinski definition) is 3. The summed E-state index contributed by atoms with van der Waals surface area (Å²) in [5, 5.41) is 12.3. The monoisotopic (exact) mass is 399 g/mol. The lowest BCUT2D eigenvalue weighted by Gasteiger charge is -2.37. The molecule has 1 aromatic carbocycles. The molecule has 1 atom stereocenters. The second kappa shape index (κ2) is 9.80. The zero-order valence-electron chi connectivity index (χ0n) is 18.2. The molecule has 0 saturated heterocycles. The topological polar surface area (TPSA) is 58.6 Å². The molecule has 29 heavy (non-hydrogen) atoms. The van der Waals surface area contributed by atoms with Gasteiger partial charge in [0.2, 0.25) is 0 Å². The highest BCUT2D eigenvalue weighted by Crippen LogP contribution is 2.38. The van der Waals surface area contributed by atoms with Crippen LogP contribution in [0.2, 0.25) is 0 Å². The smallest absolute Gasteiger partial charge is 0.303 e. The molecule has 1 aliphatic carbocycles. The molecule has 0 amide bonds. The minimum atomic E-state index is -0.715. The summed E-state index contributed by atoms with van der Waals surface area (Å²) in [6.45, 7) is 8.00. The van der Waals surface area contributed by atoms with E-state index in [0.29, 0.717) is 17.9 Å². The van der Waals surface area contributed by atoms with Crippen LogP contribution in [0.4, 0.5) is 0 Å².